The standard InChI is InChI=1S/C13H16N4O2/c1-4-19-13-7-11(5-6-12(13)18)8-14-17-9(2)15-16-10(17)3/h5-8,18H,4H2,1-3H3/b14-8+. The summed E-state index contributed by atoms with van der Waals surface area (Å²) >= 11 is 0. The molecule has 100 valence electrons. The Bertz CT molecular complexity index is 585. The second kappa shape index (κ2) is 5.51. The molecular weight excluding hydrogens is 244 g/mol. The Morgan fingerprint density at radius 2 is 2.00 bits per heavy atom. The molecule has 0 aliphatic rings. The Morgan fingerprint density at radius 3 is 2.63 bits per heavy atom. The highest BCUT2D eigenvalue weighted by Crippen LogP contribution is 2.26. The van der Waals surface area contributed by atoms with Crippen LogP contribution in [-0.2, 0) is 0 Å². The number of aryl methyl sites for hydroxylation is 2. The molecule has 0 amide bonds. The molecule has 1 N–H and O–H groups in total. The third-order valence-corrected chi connectivity index (χ3v) is 2.56. The summed E-state index contributed by atoms with van der Waals surface area (Å²) in [5.41, 5.74) is 0.828. The quantitative estimate of drug-likeness (QED) is 0.852. The smallest absolute Gasteiger partial charge is 0.161 e. The van der Waals surface area contributed by atoms with Gasteiger partial charge in [0, 0.05) is 0 Å². The van der Waals surface area contributed by atoms with Crippen LogP contribution in [0.3, 0.4) is 0 Å². The summed E-state index contributed by atoms with van der Waals surface area (Å²) in [5.74, 6) is 2.01. The molecule has 0 bridgehead atoms. The van der Waals surface area contributed by atoms with E-state index in [0.29, 0.717) is 12.4 Å². The largest absolute Gasteiger partial charge is 0.504 e. The molecule has 19 heavy (non-hydrogen) atoms. The lowest BCUT2D eigenvalue weighted by atomic mass is 10.2. The van der Waals surface area contributed by atoms with Gasteiger partial charge in [0.25, 0.3) is 0 Å². The van der Waals surface area contributed by atoms with Crippen molar-refractivity contribution in [2.75, 3.05) is 6.61 Å². The molecule has 0 radical (unpaired) electrons. The number of ether oxygens (including phenoxy) is 1. The van der Waals surface area contributed by atoms with Crippen molar-refractivity contribution in [3.63, 3.8) is 0 Å². The van der Waals surface area contributed by atoms with Crippen LogP contribution in [0.5, 0.6) is 11.5 Å². The minimum Gasteiger partial charge on any atom is -0.504 e. The Labute approximate surface area is 111 Å². The van der Waals surface area contributed by atoms with Crippen LogP contribution in [0.15, 0.2) is 23.3 Å². The molecule has 0 saturated heterocycles. The highest BCUT2D eigenvalue weighted by Gasteiger charge is 2.04. The first-order chi connectivity index (χ1) is 9.11. The molecule has 0 fully saturated rings. The van der Waals surface area contributed by atoms with Crippen molar-refractivity contribution in [3.05, 3.63) is 35.4 Å². The zero-order valence-electron chi connectivity index (χ0n) is 11.2. The van der Waals surface area contributed by atoms with Gasteiger partial charge in [-0.2, -0.15) is 5.10 Å². The van der Waals surface area contributed by atoms with E-state index in [-0.39, 0.29) is 5.75 Å². The summed E-state index contributed by atoms with van der Waals surface area (Å²) < 4.78 is 6.96. The summed E-state index contributed by atoms with van der Waals surface area (Å²) in [6, 6.07) is 5.08. The molecule has 0 atom stereocenters. The minimum absolute atomic E-state index is 0.121. The maximum atomic E-state index is 9.61. The fourth-order valence-electron chi connectivity index (χ4n) is 1.64. The lowest BCUT2D eigenvalue weighted by Gasteiger charge is -2.06. The summed E-state index contributed by atoms with van der Waals surface area (Å²) in [6.07, 6.45) is 1.67. The van der Waals surface area contributed by atoms with E-state index in [9.17, 15) is 5.11 Å². The number of rotatable bonds is 4. The van der Waals surface area contributed by atoms with Crippen LogP contribution in [0.25, 0.3) is 0 Å². The lowest BCUT2D eigenvalue weighted by molar-refractivity contribution is 0.318. The summed E-state index contributed by atoms with van der Waals surface area (Å²) in [7, 11) is 0. The Balaban J connectivity index is 2.26. The zero-order chi connectivity index (χ0) is 13.8. The van der Waals surface area contributed by atoms with E-state index in [0.717, 1.165) is 17.2 Å². The molecule has 0 spiro atoms. The minimum atomic E-state index is 0.121. The number of hydrogen-bond donors (Lipinski definition) is 1. The van der Waals surface area contributed by atoms with Gasteiger partial charge in [0.1, 0.15) is 0 Å². The van der Waals surface area contributed by atoms with Gasteiger partial charge in [-0.05, 0) is 44.5 Å². The molecule has 6 heteroatoms. The van der Waals surface area contributed by atoms with Gasteiger partial charge in [-0.15, -0.1) is 10.2 Å². The van der Waals surface area contributed by atoms with Crippen LogP contribution in [0.1, 0.15) is 24.1 Å². The van der Waals surface area contributed by atoms with Crippen LogP contribution in [-0.4, -0.2) is 32.8 Å². The van der Waals surface area contributed by atoms with Crippen molar-refractivity contribution >= 4 is 6.21 Å². The van der Waals surface area contributed by atoms with E-state index in [1.807, 2.05) is 20.8 Å². The molecule has 1 heterocycles. The third kappa shape index (κ3) is 2.90. The zero-order valence-corrected chi connectivity index (χ0v) is 11.2. The fourth-order valence-corrected chi connectivity index (χ4v) is 1.64. The number of phenols is 1. The second-order valence-corrected chi connectivity index (χ2v) is 4.01. The molecular formula is C13H16N4O2. The predicted molar refractivity (Wildman–Crippen MR) is 71.8 cm³/mol. The van der Waals surface area contributed by atoms with Gasteiger partial charge in [-0.3, -0.25) is 0 Å². The van der Waals surface area contributed by atoms with Gasteiger partial charge in [0.2, 0.25) is 0 Å². The number of benzene rings is 1. The van der Waals surface area contributed by atoms with Gasteiger partial charge in [-0.1, -0.05) is 0 Å². The van der Waals surface area contributed by atoms with Crippen LogP contribution >= 0.6 is 0 Å². The monoisotopic (exact) mass is 260 g/mol. The number of hydrogen-bond acceptors (Lipinski definition) is 5. The van der Waals surface area contributed by atoms with Crippen LogP contribution in [0.2, 0.25) is 0 Å². The van der Waals surface area contributed by atoms with Gasteiger partial charge in [0.15, 0.2) is 23.1 Å². The SMILES string of the molecule is CCOc1cc(/C=N/n2c(C)nnc2C)ccc1O. The summed E-state index contributed by atoms with van der Waals surface area (Å²) in [4.78, 5) is 0. The maximum Gasteiger partial charge on any atom is 0.161 e. The molecule has 2 rings (SSSR count). The molecule has 1 aromatic carbocycles. The number of nitrogens with zero attached hydrogens (tertiary/aromatic N) is 4. The molecule has 0 aliphatic carbocycles. The Kier molecular flexibility index (Phi) is 3.79. The highest BCUT2D eigenvalue weighted by atomic mass is 16.5. The molecule has 2 aromatic rings. The number of phenolic OH excluding ortho intramolecular Hbond substituents is 1. The Morgan fingerprint density at radius 1 is 1.32 bits per heavy atom. The van der Waals surface area contributed by atoms with E-state index >= 15 is 0 Å². The molecule has 6 nitrogen and oxygen atoms in total. The number of aromatic nitrogens is 3. The van der Waals surface area contributed by atoms with E-state index < -0.39 is 0 Å². The van der Waals surface area contributed by atoms with Gasteiger partial charge in [0.05, 0.1) is 12.8 Å². The van der Waals surface area contributed by atoms with Crippen LogP contribution in [0.4, 0.5) is 0 Å². The van der Waals surface area contributed by atoms with Crippen molar-refractivity contribution in [3.8, 4) is 11.5 Å². The second-order valence-electron chi connectivity index (χ2n) is 4.01. The first-order valence-corrected chi connectivity index (χ1v) is 6.00. The predicted octanol–water partition coefficient (Wildman–Crippen LogP) is 1.88. The third-order valence-electron chi connectivity index (χ3n) is 2.56. The lowest BCUT2D eigenvalue weighted by Crippen LogP contribution is -1.97. The highest BCUT2D eigenvalue weighted by molar-refractivity contribution is 5.80. The van der Waals surface area contributed by atoms with Crippen molar-refractivity contribution in [2.45, 2.75) is 20.8 Å². The molecule has 0 aliphatic heterocycles. The first kappa shape index (κ1) is 13.1. The molecule has 0 unspecified atom stereocenters. The van der Waals surface area contributed by atoms with Crippen LogP contribution in [0, 0.1) is 13.8 Å². The average Bonchev–Trinajstić information content (AvgIpc) is 2.70. The number of aromatic hydroxyl groups is 1. The summed E-state index contributed by atoms with van der Waals surface area (Å²) in [6.45, 7) is 6.03. The first-order valence-electron chi connectivity index (χ1n) is 6.00. The molecule has 1 aromatic heterocycles. The normalized spacial score (nSPS) is 11.1. The van der Waals surface area contributed by atoms with E-state index in [1.165, 1.54) is 0 Å². The van der Waals surface area contributed by atoms with E-state index in [2.05, 4.69) is 15.3 Å². The van der Waals surface area contributed by atoms with Crippen molar-refractivity contribution in [1.82, 2.24) is 14.9 Å². The van der Waals surface area contributed by atoms with Gasteiger partial charge < -0.3 is 9.84 Å². The Hall–Kier alpha value is -2.37. The maximum absolute atomic E-state index is 9.61. The molecule has 0 saturated carbocycles. The van der Waals surface area contributed by atoms with E-state index in [1.54, 1.807) is 29.1 Å². The fraction of sp³-hybridized carbons (Fsp3) is 0.308. The topological polar surface area (TPSA) is 72.5 Å². The van der Waals surface area contributed by atoms with E-state index in [4.69, 9.17) is 4.74 Å². The average molecular weight is 260 g/mol. The van der Waals surface area contributed by atoms with Crippen LogP contribution < -0.4 is 4.74 Å². The van der Waals surface area contributed by atoms with Crippen molar-refractivity contribution < 1.29 is 9.84 Å². The van der Waals surface area contributed by atoms with Crippen molar-refractivity contribution in [2.24, 2.45) is 5.10 Å². The van der Waals surface area contributed by atoms with Crippen molar-refractivity contribution in [1.29, 1.82) is 0 Å². The van der Waals surface area contributed by atoms with Gasteiger partial charge >= 0.3 is 0 Å². The summed E-state index contributed by atoms with van der Waals surface area (Å²) in [5, 5.41) is 21.8. The van der Waals surface area contributed by atoms with Gasteiger partial charge in [-0.25, -0.2) is 4.68 Å².